The number of nitrogens with zero attached hydrogens (tertiary/aromatic N) is 4. The number of para-hydroxylation sites is 1. The van der Waals surface area contributed by atoms with Crippen molar-refractivity contribution in [3.05, 3.63) is 94.4 Å². The first-order chi connectivity index (χ1) is 21.1. The lowest BCUT2D eigenvalue weighted by atomic mass is 9.93. The Bertz CT molecular complexity index is 1690. The number of fused-ring (bicyclic) bond motifs is 2. The van der Waals surface area contributed by atoms with Gasteiger partial charge in [0.15, 0.2) is 0 Å². The number of rotatable bonds is 12. The maximum absolute atomic E-state index is 9.39. The second kappa shape index (κ2) is 13.7. The molecule has 0 saturated carbocycles. The number of benzene rings is 2. The van der Waals surface area contributed by atoms with Gasteiger partial charge in [-0.15, -0.1) is 0 Å². The van der Waals surface area contributed by atoms with Gasteiger partial charge in [-0.2, -0.15) is 0 Å². The highest BCUT2D eigenvalue weighted by Crippen LogP contribution is 2.26. The number of ether oxygens (including phenoxy) is 1. The van der Waals surface area contributed by atoms with Gasteiger partial charge in [-0.25, -0.2) is 0 Å². The number of morpholine rings is 1. The SMILES string of the molecule is CC1=CC(NCc2ccc3c(c2)n(Cc2cccc4cccnc24)c(=N)n3CCCN2CCOCC2)=C(CCCO)CC1. The number of aryl methyl sites for hydroxylation is 1. The van der Waals surface area contributed by atoms with Crippen LogP contribution in [0.25, 0.3) is 21.9 Å². The number of hydrogen-bond acceptors (Lipinski definition) is 6. The summed E-state index contributed by atoms with van der Waals surface area (Å²) in [4.78, 5) is 7.16. The van der Waals surface area contributed by atoms with Gasteiger partial charge in [-0.05, 0) is 80.0 Å². The fraction of sp³-hybridized carbons (Fsp3) is 0.429. The Morgan fingerprint density at radius 3 is 2.70 bits per heavy atom. The van der Waals surface area contributed by atoms with Crippen LogP contribution in [-0.2, 0) is 24.4 Å². The largest absolute Gasteiger partial charge is 0.396 e. The molecule has 2 aromatic carbocycles. The van der Waals surface area contributed by atoms with Crippen LogP contribution in [0.15, 0.2) is 77.6 Å². The zero-order valence-corrected chi connectivity index (χ0v) is 25.3. The second-order valence-electron chi connectivity index (χ2n) is 11.9. The molecule has 226 valence electrons. The van der Waals surface area contributed by atoms with Gasteiger partial charge < -0.3 is 24.3 Å². The molecule has 8 heteroatoms. The third-order valence-corrected chi connectivity index (χ3v) is 8.85. The van der Waals surface area contributed by atoms with E-state index >= 15 is 0 Å². The Morgan fingerprint density at radius 2 is 1.84 bits per heavy atom. The number of aliphatic hydroxyl groups excluding tert-OH is 1. The summed E-state index contributed by atoms with van der Waals surface area (Å²) in [5.41, 5.74) is 9.99. The van der Waals surface area contributed by atoms with Gasteiger partial charge in [0.05, 0.1) is 36.3 Å². The Morgan fingerprint density at radius 1 is 0.977 bits per heavy atom. The molecule has 0 radical (unpaired) electrons. The molecule has 2 aliphatic rings. The van der Waals surface area contributed by atoms with E-state index in [4.69, 9.17) is 9.72 Å². The summed E-state index contributed by atoms with van der Waals surface area (Å²) < 4.78 is 9.84. The smallest absolute Gasteiger partial charge is 0.203 e. The maximum Gasteiger partial charge on any atom is 0.203 e. The quantitative estimate of drug-likeness (QED) is 0.217. The molecule has 43 heavy (non-hydrogen) atoms. The van der Waals surface area contributed by atoms with Crippen LogP contribution in [-0.4, -0.2) is 63.6 Å². The van der Waals surface area contributed by atoms with E-state index in [-0.39, 0.29) is 6.61 Å². The minimum atomic E-state index is 0.223. The van der Waals surface area contributed by atoms with Crippen molar-refractivity contribution in [3.8, 4) is 0 Å². The van der Waals surface area contributed by atoms with Crippen molar-refractivity contribution >= 4 is 21.9 Å². The molecule has 1 aliphatic heterocycles. The van der Waals surface area contributed by atoms with E-state index in [1.165, 1.54) is 22.4 Å². The van der Waals surface area contributed by atoms with Gasteiger partial charge in [0.25, 0.3) is 0 Å². The average Bonchev–Trinajstić information content (AvgIpc) is 3.29. The van der Waals surface area contributed by atoms with E-state index in [2.05, 4.69) is 74.8 Å². The Kier molecular flexibility index (Phi) is 9.36. The molecular formula is C35H44N6O2. The second-order valence-corrected chi connectivity index (χ2v) is 11.9. The van der Waals surface area contributed by atoms with Crippen LogP contribution in [0.1, 0.15) is 50.2 Å². The van der Waals surface area contributed by atoms with Gasteiger partial charge >= 0.3 is 0 Å². The number of aliphatic hydroxyl groups is 1. The van der Waals surface area contributed by atoms with Crippen LogP contribution in [0, 0.1) is 5.41 Å². The number of allylic oxidation sites excluding steroid dienone is 3. The first kappa shape index (κ1) is 29.4. The first-order valence-corrected chi connectivity index (χ1v) is 15.7. The van der Waals surface area contributed by atoms with Crippen LogP contribution < -0.4 is 10.9 Å². The van der Waals surface area contributed by atoms with Gasteiger partial charge in [0.1, 0.15) is 0 Å². The number of hydrogen-bond donors (Lipinski definition) is 3. The summed E-state index contributed by atoms with van der Waals surface area (Å²) in [5, 5.41) is 23.5. The average molecular weight is 581 g/mol. The molecule has 6 rings (SSSR count). The van der Waals surface area contributed by atoms with E-state index < -0.39 is 0 Å². The molecule has 0 unspecified atom stereocenters. The van der Waals surface area contributed by atoms with E-state index in [0.29, 0.717) is 18.7 Å². The van der Waals surface area contributed by atoms with Crippen LogP contribution in [0.2, 0.25) is 0 Å². The molecule has 1 aliphatic carbocycles. The number of aromatic nitrogens is 3. The third-order valence-electron chi connectivity index (χ3n) is 8.85. The molecule has 0 amide bonds. The molecule has 0 spiro atoms. The third kappa shape index (κ3) is 6.77. The monoisotopic (exact) mass is 580 g/mol. The predicted octanol–water partition coefficient (Wildman–Crippen LogP) is 5.10. The van der Waals surface area contributed by atoms with E-state index in [0.717, 1.165) is 99.0 Å². The lowest BCUT2D eigenvalue weighted by Crippen LogP contribution is -2.37. The Balaban J connectivity index is 1.31. The molecule has 3 N–H and O–H groups in total. The van der Waals surface area contributed by atoms with Gasteiger partial charge in [-0.1, -0.05) is 35.9 Å². The Labute approximate surface area is 253 Å². The Hall–Kier alpha value is -3.72. The number of nitrogens with one attached hydrogen (secondary N) is 2. The molecule has 8 nitrogen and oxygen atoms in total. The highest BCUT2D eigenvalue weighted by Gasteiger charge is 2.16. The van der Waals surface area contributed by atoms with Crippen molar-refractivity contribution in [1.82, 2.24) is 24.3 Å². The van der Waals surface area contributed by atoms with Crippen molar-refractivity contribution in [3.63, 3.8) is 0 Å². The molecule has 1 saturated heterocycles. The molecule has 0 atom stereocenters. The minimum Gasteiger partial charge on any atom is -0.396 e. The zero-order valence-electron chi connectivity index (χ0n) is 25.3. The van der Waals surface area contributed by atoms with Crippen molar-refractivity contribution in [2.75, 3.05) is 39.5 Å². The normalized spacial score (nSPS) is 16.3. The maximum atomic E-state index is 9.39. The van der Waals surface area contributed by atoms with Gasteiger partial charge in [0, 0.05) is 56.6 Å². The molecule has 3 heterocycles. The van der Waals surface area contributed by atoms with Crippen LogP contribution in [0.4, 0.5) is 0 Å². The number of pyridine rings is 1. The fourth-order valence-electron chi connectivity index (χ4n) is 6.46. The summed E-state index contributed by atoms with van der Waals surface area (Å²) in [6.45, 7) is 9.12. The molecule has 4 aromatic rings. The van der Waals surface area contributed by atoms with Crippen molar-refractivity contribution in [1.29, 1.82) is 5.41 Å². The minimum absolute atomic E-state index is 0.223. The standard InChI is InChI=1S/C35H44N6O2/c1-26-10-12-28(9-4-19-42)31(22-26)38-24-27-11-13-32-33(23-27)41(25-30-7-2-6-29-8-3-14-37-34(29)30)35(36)40(32)16-5-15-39-17-20-43-21-18-39/h2-3,6-8,11,13-14,22-23,36,38,42H,4-5,9-10,12,15-21,24-25H2,1H3. The molecule has 2 aromatic heterocycles. The van der Waals surface area contributed by atoms with Crippen LogP contribution in [0.5, 0.6) is 0 Å². The highest BCUT2D eigenvalue weighted by atomic mass is 16.5. The summed E-state index contributed by atoms with van der Waals surface area (Å²) in [5.74, 6) is 0. The van der Waals surface area contributed by atoms with Crippen molar-refractivity contribution in [2.45, 2.75) is 58.7 Å². The molecular weight excluding hydrogens is 536 g/mol. The first-order valence-electron chi connectivity index (χ1n) is 15.7. The summed E-state index contributed by atoms with van der Waals surface area (Å²) in [7, 11) is 0. The van der Waals surface area contributed by atoms with Crippen molar-refractivity contribution < 1.29 is 9.84 Å². The fourth-order valence-corrected chi connectivity index (χ4v) is 6.46. The zero-order chi connectivity index (χ0) is 29.6. The summed E-state index contributed by atoms with van der Waals surface area (Å²) in [6.07, 6.45) is 8.98. The van der Waals surface area contributed by atoms with Gasteiger partial charge in [0.2, 0.25) is 5.62 Å². The van der Waals surface area contributed by atoms with Crippen molar-refractivity contribution in [2.24, 2.45) is 0 Å². The summed E-state index contributed by atoms with van der Waals surface area (Å²) >= 11 is 0. The summed E-state index contributed by atoms with van der Waals surface area (Å²) in [6, 6.07) is 17.0. The van der Waals surface area contributed by atoms with Gasteiger partial charge in [-0.3, -0.25) is 15.3 Å². The number of imidazole rings is 1. The van der Waals surface area contributed by atoms with E-state index in [1.807, 2.05) is 12.3 Å². The van der Waals surface area contributed by atoms with Crippen LogP contribution in [0.3, 0.4) is 0 Å². The van der Waals surface area contributed by atoms with E-state index in [1.54, 1.807) is 0 Å². The van der Waals surface area contributed by atoms with E-state index in [9.17, 15) is 10.5 Å². The highest BCUT2D eigenvalue weighted by molar-refractivity contribution is 5.82. The lowest BCUT2D eigenvalue weighted by Gasteiger charge is -2.26. The topological polar surface area (TPSA) is 91.3 Å². The molecule has 1 fully saturated rings. The lowest BCUT2D eigenvalue weighted by molar-refractivity contribution is 0.0369. The predicted molar refractivity (Wildman–Crippen MR) is 172 cm³/mol. The van der Waals surface area contributed by atoms with Crippen LogP contribution >= 0.6 is 0 Å². The molecule has 0 bridgehead atoms.